The highest BCUT2D eigenvalue weighted by molar-refractivity contribution is 5.88. The number of nitrogens with one attached hydrogen (secondary N) is 1. The van der Waals surface area contributed by atoms with Gasteiger partial charge in [-0.15, -0.1) is 0 Å². The molecular formula is C27H38N2O4. The Morgan fingerprint density at radius 1 is 0.970 bits per heavy atom. The zero-order valence-corrected chi connectivity index (χ0v) is 21.0. The minimum Gasteiger partial charge on any atom is -0.497 e. The molecule has 0 radical (unpaired) electrons. The van der Waals surface area contributed by atoms with Crippen LogP contribution in [0.4, 0.5) is 0 Å². The summed E-state index contributed by atoms with van der Waals surface area (Å²) < 4.78 is 11.0. The van der Waals surface area contributed by atoms with Crippen molar-refractivity contribution in [1.29, 1.82) is 0 Å². The van der Waals surface area contributed by atoms with Gasteiger partial charge < -0.3 is 19.7 Å². The summed E-state index contributed by atoms with van der Waals surface area (Å²) in [6, 6.07) is 14.6. The van der Waals surface area contributed by atoms with Gasteiger partial charge in [0.2, 0.25) is 5.91 Å². The maximum atomic E-state index is 13.2. The number of hydrogen-bond acceptors (Lipinski definition) is 4. The van der Waals surface area contributed by atoms with E-state index in [-0.39, 0.29) is 29.9 Å². The Hall–Kier alpha value is -3.02. The molecule has 2 aromatic rings. The van der Waals surface area contributed by atoms with Gasteiger partial charge in [-0.2, -0.15) is 0 Å². The van der Waals surface area contributed by atoms with Gasteiger partial charge in [0.15, 0.2) is 6.61 Å². The van der Waals surface area contributed by atoms with E-state index in [2.05, 4.69) is 26.1 Å². The van der Waals surface area contributed by atoms with Crippen LogP contribution in [0.3, 0.4) is 0 Å². The fourth-order valence-corrected chi connectivity index (χ4v) is 3.25. The van der Waals surface area contributed by atoms with Crippen LogP contribution in [0.25, 0.3) is 0 Å². The number of rotatable bonds is 10. The third kappa shape index (κ3) is 7.81. The van der Waals surface area contributed by atoms with Gasteiger partial charge in [0.05, 0.1) is 7.11 Å². The molecule has 0 saturated carbocycles. The Kier molecular flexibility index (Phi) is 9.32. The van der Waals surface area contributed by atoms with E-state index in [0.717, 1.165) is 17.7 Å². The number of ether oxygens (including phenoxy) is 2. The van der Waals surface area contributed by atoms with Gasteiger partial charge in [-0.25, -0.2) is 0 Å². The molecular weight excluding hydrogens is 416 g/mol. The maximum absolute atomic E-state index is 13.2. The van der Waals surface area contributed by atoms with Crippen LogP contribution in [0.5, 0.6) is 11.5 Å². The molecule has 33 heavy (non-hydrogen) atoms. The number of amides is 2. The van der Waals surface area contributed by atoms with Crippen LogP contribution in [0.2, 0.25) is 0 Å². The Bertz CT molecular complexity index is 901. The van der Waals surface area contributed by atoms with Gasteiger partial charge >= 0.3 is 0 Å². The molecule has 6 heteroatoms. The molecule has 2 rings (SSSR count). The molecule has 0 spiro atoms. The third-order valence-electron chi connectivity index (χ3n) is 5.76. The van der Waals surface area contributed by atoms with Crippen molar-refractivity contribution in [3.05, 3.63) is 59.7 Å². The molecule has 0 fully saturated rings. The predicted molar refractivity (Wildman–Crippen MR) is 132 cm³/mol. The summed E-state index contributed by atoms with van der Waals surface area (Å²) in [4.78, 5) is 27.5. The van der Waals surface area contributed by atoms with Crippen molar-refractivity contribution in [1.82, 2.24) is 10.2 Å². The first kappa shape index (κ1) is 26.2. The molecule has 0 heterocycles. The second-order valence-electron chi connectivity index (χ2n) is 9.43. The standard InChI is InChI=1S/C27H38N2O4/c1-8-19(2)28-26(31)20(3)29(17-21-9-13-23(32-7)14-10-21)25(30)18-33-24-15-11-22(12-16-24)27(4,5)6/h9-16,19-20H,8,17-18H2,1-7H3,(H,28,31)/t19-,20-/m1/s1. The fourth-order valence-electron chi connectivity index (χ4n) is 3.25. The van der Waals surface area contributed by atoms with E-state index in [4.69, 9.17) is 9.47 Å². The van der Waals surface area contributed by atoms with E-state index in [1.165, 1.54) is 5.56 Å². The highest BCUT2D eigenvalue weighted by Gasteiger charge is 2.27. The van der Waals surface area contributed by atoms with E-state index < -0.39 is 6.04 Å². The van der Waals surface area contributed by atoms with Crippen LogP contribution < -0.4 is 14.8 Å². The predicted octanol–water partition coefficient (Wildman–Crippen LogP) is 4.70. The zero-order chi connectivity index (χ0) is 24.6. The second kappa shape index (κ2) is 11.7. The quantitative estimate of drug-likeness (QED) is 0.565. The van der Waals surface area contributed by atoms with Crippen molar-refractivity contribution in [2.24, 2.45) is 0 Å². The van der Waals surface area contributed by atoms with Crippen LogP contribution in [-0.2, 0) is 21.5 Å². The molecule has 0 saturated heterocycles. The van der Waals surface area contributed by atoms with Gasteiger partial charge in [-0.3, -0.25) is 9.59 Å². The summed E-state index contributed by atoms with van der Waals surface area (Å²) in [5.74, 6) is 0.928. The van der Waals surface area contributed by atoms with Crippen LogP contribution in [0, 0.1) is 0 Å². The van der Waals surface area contributed by atoms with E-state index in [1.807, 2.05) is 62.4 Å². The smallest absolute Gasteiger partial charge is 0.261 e. The van der Waals surface area contributed by atoms with Gasteiger partial charge in [0.25, 0.3) is 5.91 Å². The lowest BCUT2D eigenvalue weighted by Gasteiger charge is -2.29. The van der Waals surface area contributed by atoms with Crippen LogP contribution in [0.15, 0.2) is 48.5 Å². The molecule has 1 N–H and O–H groups in total. The van der Waals surface area contributed by atoms with E-state index in [9.17, 15) is 9.59 Å². The summed E-state index contributed by atoms with van der Waals surface area (Å²) in [7, 11) is 1.61. The average Bonchev–Trinajstić information content (AvgIpc) is 2.80. The van der Waals surface area contributed by atoms with Crippen LogP contribution in [0.1, 0.15) is 59.1 Å². The number of methoxy groups -OCH3 is 1. The summed E-state index contributed by atoms with van der Waals surface area (Å²) in [5.41, 5.74) is 2.14. The largest absolute Gasteiger partial charge is 0.497 e. The molecule has 2 aromatic carbocycles. The Balaban J connectivity index is 2.14. The zero-order valence-electron chi connectivity index (χ0n) is 21.0. The van der Waals surface area contributed by atoms with E-state index in [1.54, 1.807) is 18.9 Å². The molecule has 0 aliphatic heterocycles. The number of benzene rings is 2. The van der Waals surface area contributed by atoms with E-state index >= 15 is 0 Å². The highest BCUT2D eigenvalue weighted by Crippen LogP contribution is 2.24. The average molecular weight is 455 g/mol. The first-order valence-electron chi connectivity index (χ1n) is 11.5. The minimum atomic E-state index is -0.638. The van der Waals surface area contributed by atoms with Crippen molar-refractivity contribution in [3.63, 3.8) is 0 Å². The Morgan fingerprint density at radius 3 is 2.06 bits per heavy atom. The summed E-state index contributed by atoms with van der Waals surface area (Å²) in [5, 5.41) is 2.97. The van der Waals surface area contributed by atoms with Crippen molar-refractivity contribution in [2.45, 2.75) is 72.0 Å². The first-order chi connectivity index (χ1) is 15.5. The van der Waals surface area contributed by atoms with Crippen molar-refractivity contribution in [2.75, 3.05) is 13.7 Å². The molecule has 6 nitrogen and oxygen atoms in total. The first-order valence-corrected chi connectivity index (χ1v) is 11.5. The van der Waals surface area contributed by atoms with Crippen LogP contribution in [-0.4, -0.2) is 42.5 Å². The van der Waals surface area contributed by atoms with Crippen molar-refractivity contribution in [3.8, 4) is 11.5 Å². The molecule has 2 amide bonds. The summed E-state index contributed by atoms with van der Waals surface area (Å²) in [6.07, 6.45) is 0.818. The molecule has 0 bridgehead atoms. The lowest BCUT2D eigenvalue weighted by molar-refractivity contribution is -0.142. The Labute approximate surface area is 198 Å². The minimum absolute atomic E-state index is 0.0375. The van der Waals surface area contributed by atoms with Crippen molar-refractivity contribution >= 4 is 11.8 Å². The second-order valence-corrected chi connectivity index (χ2v) is 9.43. The number of hydrogen-bond donors (Lipinski definition) is 1. The number of carbonyl (C=O) groups excluding carboxylic acids is 2. The SMILES string of the molecule is CC[C@@H](C)NC(=O)[C@@H](C)N(Cc1ccc(OC)cc1)C(=O)COc1ccc(C(C)(C)C)cc1. The number of nitrogens with zero attached hydrogens (tertiary/aromatic N) is 1. The molecule has 0 unspecified atom stereocenters. The summed E-state index contributed by atoms with van der Waals surface area (Å²) in [6.45, 7) is 12.3. The lowest BCUT2D eigenvalue weighted by atomic mass is 9.87. The van der Waals surface area contributed by atoms with Gasteiger partial charge in [0.1, 0.15) is 17.5 Å². The third-order valence-corrected chi connectivity index (χ3v) is 5.76. The topological polar surface area (TPSA) is 67.9 Å². The van der Waals surface area contributed by atoms with Crippen molar-refractivity contribution < 1.29 is 19.1 Å². The molecule has 2 atom stereocenters. The Morgan fingerprint density at radius 2 is 1.55 bits per heavy atom. The highest BCUT2D eigenvalue weighted by atomic mass is 16.5. The van der Waals surface area contributed by atoms with Gasteiger partial charge in [0, 0.05) is 12.6 Å². The normalized spacial score (nSPS) is 13.1. The number of carbonyl (C=O) groups is 2. The molecule has 180 valence electrons. The lowest BCUT2D eigenvalue weighted by Crippen LogP contribution is -2.50. The van der Waals surface area contributed by atoms with E-state index in [0.29, 0.717) is 12.3 Å². The van der Waals surface area contributed by atoms with Crippen LogP contribution >= 0.6 is 0 Å². The molecule has 0 aromatic heterocycles. The molecule has 0 aliphatic carbocycles. The maximum Gasteiger partial charge on any atom is 0.261 e. The van der Waals surface area contributed by atoms with Gasteiger partial charge in [-0.1, -0.05) is 52.0 Å². The monoisotopic (exact) mass is 454 g/mol. The van der Waals surface area contributed by atoms with Gasteiger partial charge in [-0.05, 0) is 61.1 Å². The fraction of sp³-hybridized carbons (Fsp3) is 0.481. The molecule has 0 aliphatic rings. The summed E-state index contributed by atoms with van der Waals surface area (Å²) >= 11 is 0.